The molecule has 0 atom stereocenters. The zero-order chi connectivity index (χ0) is 4.50. The molecular formula is C4H12AlCl2N. The molecule has 0 saturated heterocycles. The first-order valence-corrected chi connectivity index (χ1v) is 1.79. The maximum atomic E-state index is 2.12. The van der Waals surface area contributed by atoms with Crippen molar-refractivity contribution in [3.05, 3.63) is 0 Å². The van der Waals surface area contributed by atoms with Crippen molar-refractivity contribution in [2.45, 2.75) is 0 Å². The molecule has 0 aromatic carbocycles. The van der Waals surface area contributed by atoms with E-state index in [1.165, 1.54) is 0 Å². The molecule has 1 nitrogen and oxygen atoms in total. The minimum absolute atomic E-state index is 0. The molecule has 0 amide bonds. The third-order valence-corrected chi connectivity index (χ3v) is 0. The summed E-state index contributed by atoms with van der Waals surface area (Å²) >= 11 is 0. The van der Waals surface area contributed by atoms with Gasteiger partial charge in [0, 0.05) is 0 Å². The number of nitrogens with zero attached hydrogens (tertiary/aromatic N) is 1. The summed E-state index contributed by atoms with van der Waals surface area (Å²) in [6.45, 7) is 0. The molecule has 0 saturated carbocycles. The molecule has 0 N–H and O–H groups in total. The zero-order valence-electron chi connectivity index (χ0n) is 5.78. The van der Waals surface area contributed by atoms with Crippen molar-refractivity contribution < 1.29 is 29.3 Å². The van der Waals surface area contributed by atoms with Crippen LogP contribution >= 0.6 is 0 Å². The molecule has 0 aliphatic rings. The van der Waals surface area contributed by atoms with Gasteiger partial charge in [-0.25, -0.2) is 0 Å². The van der Waals surface area contributed by atoms with Gasteiger partial charge >= 0.3 is 17.4 Å². The van der Waals surface area contributed by atoms with Gasteiger partial charge in [0.25, 0.3) is 0 Å². The number of hydrogen-bond acceptors (Lipinski definition) is 0. The van der Waals surface area contributed by atoms with Crippen LogP contribution in [0.2, 0.25) is 0 Å². The van der Waals surface area contributed by atoms with E-state index < -0.39 is 0 Å². The summed E-state index contributed by atoms with van der Waals surface area (Å²) < 4.78 is 1.00. The molecule has 0 fully saturated rings. The smallest absolute Gasteiger partial charge is 1.00 e. The molecule has 0 aromatic heterocycles. The van der Waals surface area contributed by atoms with Gasteiger partial charge < -0.3 is 29.3 Å². The first-order valence-electron chi connectivity index (χ1n) is 1.79. The van der Waals surface area contributed by atoms with Crippen LogP contribution in [0.25, 0.3) is 0 Å². The summed E-state index contributed by atoms with van der Waals surface area (Å²) in [6, 6.07) is 0. The van der Waals surface area contributed by atoms with Gasteiger partial charge in [-0.3, -0.25) is 0 Å². The van der Waals surface area contributed by atoms with Crippen LogP contribution in [0.15, 0.2) is 0 Å². The van der Waals surface area contributed by atoms with Crippen LogP contribution in [0.5, 0.6) is 0 Å². The Balaban J connectivity index is -0.0000000267. The summed E-state index contributed by atoms with van der Waals surface area (Å²) in [6.07, 6.45) is 0. The average Bonchev–Trinajstić information content (AvgIpc) is 0.722. The molecule has 50 valence electrons. The van der Waals surface area contributed by atoms with Crippen molar-refractivity contribution in [2.24, 2.45) is 0 Å². The maximum absolute atomic E-state index is 2.12. The Labute approximate surface area is 75.0 Å². The SMILES string of the molecule is C[N+](C)(C)C.[Al+].[Cl-].[Cl-]. The molecule has 0 spiro atoms. The molecular weight excluding hydrogens is 160 g/mol. The van der Waals surface area contributed by atoms with E-state index in [4.69, 9.17) is 0 Å². The second-order valence-corrected chi connectivity index (χ2v) is 2.68. The number of halogens is 2. The molecule has 0 aliphatic heterocycles. The fourth-order valence-electron chi connectivity index (χ4n) is 0. The molecule has 0 unspecified atom stereocenters. The van der Waals surface area contributed by atoms with Crippen molar-refractivity contribution in [3.63, 3.8) is 0 Å². The van der Waals surface area contributed by atoms with Gasteiger partial charge in [0.15, 0.2) is 0 Å². The van der Waals surface area contributed by atoms with Crippen molar-refractivity contribution in [3.8, 4) is 0 Å². The largest absolute Gasteiger partial charge is 1.00 e. The van der Waals surface area contributed by atoms with Gasteiger partial charge in [0.05, 0.1) is 28.2 Å². The predicted molar refractivity (Wildman–Crippen MR) is 29.7 cm³/mol. The van der Waals surface area contributed by atoms with Crippen LogP contribution in [0.3, 0.4) is 0 Å². The third kappa shape index (κ3) is 227. The zero-order valence-corrected chi connectivity index (χ0v) is 8.45. The van der Waals surface area contributed by atoms with Gasteiger partial charge in [-0.05, 0) is 0 Å². The summed E-state index contributed by atoms with van der Waals surface area (Å²) in [5, 5.41) is 0. The predicted octanol–water partition coefficient (Wildman–Crippen LogP) is -6.05. The van der Waals surface area contributed by atoms with Crippen molar-refractivity contribution in [2.75, 3.05) is 28.2 Å². The Morgan fingerprint density at radius 3 is 0.750 bits per heavy atom. The summed E-state index contributed by atoms with van der Waals surface area (Å²) in [5.74, 6) is 0. The van der Waals surface area contributed by atoms with E-state index in [9.17, 15) is 0 Å². The first kappa shape index (κ1) is 23.0. The van der Waals surface area contributed by atoms with Crippen LogP contribution in [0, 0.1) is 0 Å². The normalized spacial score (nSPS) is 7.50. The van der Waals surface area contributed by atoms with Gasteiger partial charge in [-0.15, -0.1) is 0 Å². The Hall–Kier alpha value is 1.07. The quantitative estimate of drug-likeness (QED) is 0.252. The van der Waals surface area contributed by atoms with E-state index in [0.717, 1.165) is 4.48 Å². The van der Waals surface area contributed by atoms with E-state index in [1.54, 1.807) is 0 Å². The monoisotopic (exact) mass is 171 g/mol. The van der Waals surface area contributed by atoms with Crippen LogP contribution in [-0.2, 0) is 0 Å². The third-order valence-electron chi connectivity index (χ3n) is 0. The molecule has 0 heterocycles. The van der Waals surface area contributed by atoms with Gasteiger partial charge in [0.1, 0.15) is 0 Å². The van der Waals surface area contributed by atoms with Crippen LogP contribution in [0.1, 0.15) is 0 Å². The van der Waals surface area contributed by atoms with Crippen LogP contribution in [0.4, 0.5) is 0 Å². The number of hydrogen-bond donors (Lipinski definition) is 0. The molecule has 2 radical (unpaired) electrons. The molecule has 8 heavy (non-hydrogen) atoms. The minimum Gasteiger partial charge on any atom is -1.00 e. The van der Waals surface area contributed by atoms with Crippen molar-refractivity contribution in [1.82, 2.24) is 0 Å². The van der Waals surface area contributed by atoms with E-state index in [2.05, 4.69) is 28.2 Å². The van der Waals surface area contributed by atoms with Gasteiger partial charge in [-0.1, -0.05) is 0 Å². The van der Waals surface area contributed by atoms with E-state index in [0.29, 0.717) is 0 Å². The van der Waals surface area contributed by atoms with E-state index in [1.807, 2.05) is 0 Å². The van der Waals surface area contributed by atoms with Gasteiger partial charge in [0.2, 0.25) is 0 Å². The first-order chi connectivity index (χ1) is 2.00. The van der Waals surface area contributed by atoms with E-state index in [-0.39, 0.29) is 42.2 Å². The summed E-state index contributed by atoms with van der Waals surface area (Å²) in [5.41, 5.74) is 0. The fourth-order valence-corrected chi connectivity index (χ4v) is 0. The maximum Gasteiger partial charge on any atom is 1.00 e. The van der Waals surface area contributed by atoms with E-state index >= 15 is 0 Å². The fraction of sp³-hybridized carbons (Fsp3) is 1.00. The molecule has 0 aromatic rings. The second kappa shape index (κ2) is 8.07. The second-order valence-electron chi connectivity index (χ2n) is 2.68. The molecule has 0 bridgehead atoms. The standard InChI is InChI=1S/C4H12N.Al.2ClH/c1-5(2,3)4;;;/h1-4H3;;2*1H/q2*+1;;/p-2. The van der Waals surface area contributed by atoms with Crippen molar-refractivity contribution >= 4 is 17.4 Å². The molecule has 0 aliphatic carbocycles. The Morgan fingerprint density at radius 2 is 0.750 bits per heavy atom. The Kier molecular flexibility index (Phi) is 23.2. The minimum atomic E-state index is 0. The Bertz CT molecular complexity index is 29.5. The van der Waals surface area contributed by atoms with Crippen LogP contribution in [-0.4, -0.2) is 50.0 Å². The summed E-state index contributed by atoms with van der Waals surface area (Å²) in [7, 11) is 8.50. The molecule has 0 rings (SSSR count). The van der Waals surface area contributed by atoms with Crippen LogP contribution < -0.4 is 24.8 Å². The molecule has 4 heteroatoms. The number of quaternary nitrogens is 1. The average molecular weight is 172 g/mol. The van der Waals surface area contributed by atoms with Crippen molar-refractivity contribution in [1.29, 1.82) is 0 Å². The number of rotatable bonds is 0. The Morgan fingerprint density at radius 1 is 0.750 bits per heavy atom. The topological polar surface area (TPSA) is 0 Å². The van der Waals surface area contributed by atoms with Gasteiger partial charge in [-0.2, -0.15) is 0 Å². The summed E-state index contributed by atoms with van der Waals surface area (Å²) in [4.78, 5) is 0.